The summed E-state index contributed by atoms with van der Waals surface area (Å²) in [5.41, 5.74) is 4.49. The van der Waals surface area contributed by atoms with Crippen molar-refractivity contribution in [3.8, 4) is 0 Å². The highest BCUT2D eigenvalue weighted by Crippen LogP contribution is 2.44. The number of amides is 1. The van der Waals surface area contributed by atoms with Gasteiger partial charge in [0.1, 0.15) is 6.33 Å². The van der Waals surface area contributed by atoms with Crippen LogP contribution in [0.4, 0.5) is 10.6 Å². The van der Waals surface area contributed by atoms with E-state index in [1.807, 2.05) is 6.92 Å². The van der Waals surface area contributed by atoms with E-state index in [-0.39, 0.29) is 22.3 Å². The maximum absolute atomic E-state index is 13.3. The first-order valence-corrected chi connectivity index (χ1v) is 13.6. The normalized spacial score (nSPS) is 23.1. The zero-order chi connectivity index (χ0) is 25.8. The molecule has 11 heteroatoms. The minimum atomic E-state index is -3.81. The molecule has 0 saturated carbocycles. The fourth-order valence-electron chi connectivity index (χ4n) is 5.85. The maximum Gasteiger partial charge on any atom is 0.407 e. The van der Waals surface area contributed by atoms with Crippen molar-refractivity contribution in [1.29, 1.82) is 0 Å². The molecular weight excluding hydrogens is 480 g/mol. The van der Waals surface area contributed by atoms with Crippen LogP contribution in [0, 0.1) is 24.2 Å². The van der Waals surface area contributed by atoms with E-state index >= 15 is 0 Å². The highest BCUT2D eigenvalue weighted by Gasteiger charge is 2.50. The van der Waals surface area contributed by atoms with E-state index in [0.29, 0.717) is 35.9 Å². The number of piperidine rings is 1. The fourth-order valence-corrected chi connectivity index (χ4v) is 7.15. The van der Waals surface area contributed by atoms with Crippen molar-refractivity contribution in [3.05, 3.63) is 48.4 Å². The Bertz CT molecular complexity index is 1400. The smallest absolute Gasteiger partial charge is 0.407 e. The average molecular weight is 513 g/mol. The lowest BCUT2D eigenvalue weighted by Gasteiger charge is -2.41. The lowest BCUT2D eigenvalue weighted by atomic mass is 9.74. The van der Waals surface area contributed by atoms with Gasteiger partial charge in [0.25, 0.3) is 10.0 Å². The second-order valence-electron chi connectivity index (χ2n) is 10.9. The maximum atomic E-state index is 13.3. The van der Waals surface area contributed by atoms with E-state index in [0.717, 1.165) is 18.5 Å². The molecule has 0 aliphatic carbocycles. The number of nitrogens with one attached hydrogen (secondary N) is 1. The number of anilines is 1. The molecule has 10 nitrogen and oxygen atoms in total. The molecule has 36 heavy (non-hydrogen) atoms. The van der Waals surface area contributed by atoms with E-state index < -0.39 is 16.1 Å². The van der Waals surface area contributed by atoms with Crippen molar-refractivity contribution in [1.82, 2.24) is 23.8 Å². The third-order valence-electron chi connectivity index (χ3n) is 7.39. The lowest BCUT2D eigenvalue weighted by molar-refractivity contribution is 0.0786. The molecule has 2 saturated heterocycles. The van der Waals surface area contributed by atoms with Gasteiger partial charge in [0.05, 0.1) is 10.3 Å². The summed E-state index contributed by atoms with van der Waals surface area (Å²) in [7, 11) is -3.81. The van der Waals surface area contributed by atoms with Crippen molar-refractivity contribution in [2.24, 2.45) is 17.3 Å². The summed E-state index contributed by atoms with van der Waals surface area (Å²) in [6, 6.07) is 8.40. The van der Waals surface area contributed by atoms with Crippen LogP contribution in [0.15, 0.2) is 47.8 Å². The second kappa shape index (κ2) is 8.74. The molecule has 1 aromatic carbocycles. The minimum absolute atomic E-state index is 0.0195. The van der Waals surface area contributed by atoms with Gasteiger partial charge in [-0.1, -0.05) is 38.5 Å². The zero-order valence-electron chi connectivity index (χ0n) is 20.9. The Labute approximate surface area is 211 Å². The summed E-state index contributed by atoms with van der Waals surface area (Å²) in [5.74, 6) is 1.03. The van der Waals surface area contributed by atoms with Crippen LogP contribution < -0.4 is 5.43 Å². The number of carboxylic acid groups (broad SMARTS) is 1. The number of hydrogen-bond donors (Lipinski definition) is 2. The molecule has 3 atom stereocenters. The summed E-state index contributed by atoms with van der Waals surface area (Å²) < 4.78 is 27.7. The highest BCUT2D eigenvalue weighted by molar-refractivity contribution is 7.90. The topological polar surface area (TPSA) is 121 Å². The Hall–Kier alpha value is -3.18. The van der Waals surface area contributed by atoms with Crippen molar-refractivity contribution in [3.63, 3.8) is 0 Å². The van der Waals surface area contributed by atoms with Crippen molar-refractivity contribution < 1.29 is 18.3 Å². The van der Waals surface area contributed by atoms with Crippen LogP contribution in [0.2, 0.25) is 0 Å². The number of rotatable bonds is 4. The van der Waals surface area contributed by atoms with Crippen LogP contribution in [-0.4, -0.2) is 69.1 Å². The van der Waals surface area contributed by atoms with Gasteiger partial charge in [-0.15, -0.1) is 0 Å². The van der Waals surface area contributed by atoms with Gasteiger partial charge in [-0.2, -0.15) is 0 Å². The number of hydrogen-bond acceptors (Lipinski definition) is 7. The molecule has 4 heterocycles. The Morgan fingerprint density at radius 3 is 2.50 bits per heavy atom. The van der Waals surface area contributed by atoms with Crippen LogP contribution >= 0.6 is 0 Å². The van der Waals surface area contributed by atoms with Gasteiger partial charge in [0.2, 0.25) is 0 Å². The minimum Gasteiger partial charge on any atom is -0.465 e. The van der Waals surface area contributed by atoms with Gasteiger partial charge in [-0.05, 0) is 48.8 Å². The van der Waals surface area contributed by atoms with Crippen LogP contribution in [0.1, 0.15) is 32.8 Å². The third kappa shape index (κ3) is 4.20. The van der Waals surface area contributed by atoms with E-state index in [2.05, 4.69) is 41.2 Å². The predicted octanol–water partition coefficient (Wildman–Crippen LogP) is 3.65. The quantitative estimate of drug-likeness (QED) is 0.544. The van der Waals surface area contributed by atoms with Gasteiger partial charge in [0, 0.05) is 31.9 Å². The monoisotopic (exact) mass is 512 g/mol. The largest absolute Gasteiger partial charge is 0.465 e. The standard InChI is InChI=1S/C25H32N6O4S/c1-16-5-7-18(8-6-16)36(34,35)31-12-10-20-22(26-15-27-23(20)31)28-29-11-9-19-17(13-29)14-30(24(32)33)21(19)25(2,3)4/h5-8,10,12,15,17,19,21H,9,11,13-14H2,1-4H3,(H,32,33)(H,26,27,28). The van der Waals surface area contributed by atoms with Gasteiger partial charge in [0.15, 0.2) is 11.5 Å². The molecule has 0 radical (unpaired) electrons. The number of fused-ring (bicyclic) bond motifs is 2. The summed E-state index contributed by atoms with van der Waals surface area (Å²) in [4.78, 5) is 22.4. The lowest BCUT2D eigenvalue weighted by Crippen LogP contribution is -2.48. The molecule has 0 bridgehead atoms. The molecule has 3 aromatic rings. The molecule has 2 aliphatic heterocycles. The van der Waals surface area contributed by atoms with Crippen molar-refractivity contribution >= 4 is 33.0 Å². The number of likely N-dealkylation sites (tertiary alicyclic amines) is 1. The van der Waals surface area contributed by atoms with E-state index in [1.165, 1.54) is 16.5 Å². The molecule has 192 valence electrons. The first-order valence-electron chi connectivity index (χ1n) is 12.1. The third-order valence-corrected chi connectivity index (χ3v) is 9.07. The molecule has 2 N–H and O–H groups in total. The zero-order valence-corrected chi connectivity index (χ0v) is 21.7. The molecule has 2 fully saturated rings. The number of aromatic nitrogens is 3. The highest BCUT2D eigenvalue weighted by atomic mass is 32.2. The number of benzene rings is 1. The second-order valence-corrected chi connectivity index (χ2v) is 12.7. The molecule has 2 aromatic heterocycles. The van der Waals surface area contributed by atoms with E-state index in [9.17, 15) is 18.3 Å². The molecule has 0 spiro atoms. The van der Waals surface area contributed by atoms with Crippen LogP contribution in [-0.2, 0) is 10.0 Å². The van der Waals surface area contributed by atoms with Crippen molar-refractivity contribution in [2.45, 2.75) is 45.1 Å². The molecule has 3 unspecified atom stereocenters. The molecule has 2 aliphatic rings. The fraction of sp³-hybridized carbons (Fsp3) is 0.480. The van der Waals surface area contributed by atoms with Gasteiger partial charge in [-0.25, -0.2) is 32.2 Å². The Balaban J connectivity index is 1.39. The SMILES string of the molecule is Cc1ccc(S(=O)(=O)n2ccc3c(NN4CCC5C(C4)CN(C(=O)O)C5C(C)(C)C)ncnc32)cc1. The Morgan fingerprint density at radius 2 is 1.83 bits per heavy atom. The van der Waals surface area contributed by atoms with Gasteiger partial charge >= 0.3 is 6.09 Å². The van der Waals surface area contributed by atoms with Crippen molar-refractivity contribution in [2.75, 3.05) is 25.1 Å². The number of aryl methyl sites for hydroxylation is 1. The number of hydrazine groups is 1. The predicted molar refractivity (Wildman–Crippen MR) is 136 cm³/mol. The van der Waals surface area contributed by atoms with Gasteiger partial charge < -0.3 is 15.4 Å². The summed E-state index contributed by atoms with van der Waals surface area (Å²) in [5, 5.41) is 12.5. The first kappa shape index (κ1) is 24.5. The first-order chi connectivity index (χ1) is 17.0. The van der Waals surface area contributed by atoms with E-state index in [4.69, 9.17) is 0 Å². The van der Waals surface area contributed by atoms with E-state index in [1.54, 1.807) is 35.2 Å². The van der Waals surface area contributed by atoms with Crippen LogP contribution in [0.3, 0.4) is 0 Å². The molecular formula is C25H32N6O4S. The number of carbonyl (C=O) groups is 1. The number of nitrogens with zero attached hydrogens (tertiary/aromatic N) is 5. The Kier molecular flexibility index (Phi) is 5.95. The molecule has 5 rings (SSSR count). The Morgan fingerprint density at radius 1 is 1.11 bits per heavy atom. The van der Waals surface area contributed by atoms with Crippen LogP contribution in [0.5, 0.6) is 0 Å². The van der Waals surface area contributed by atoms with Gasteiger partial charge in [-0.3, -0.25) is 0 Å². The molecule has 1 amide bonds. The summed E-state index contributed by atoms with van der Waals surface area (Å²) in [6.45, 7) is 10.1. The summed E-state index contributed by atoms with van der Waals surface area (Å²) in [6.07, 6.45) is 2.86. The van der Waals surface area contributed by atoms with Crippen LogP contribution in [0.25, 0.3) is 11.0 Å². The average Bonchev–Trinajstić information content (AvgIpc) is 3.42. The summed E-state index contributed by atoms with van der Waals surface area (Å²) >= 11 is 0.